The highest BCUT2D eigenvalue weighted by molar-refractivity contribution is 7.92. The number of sulfonamides is 1. The van der Waals surface area contributed by atoms with E-state index in [1.54, 1.807) is 36.4 Å². The van der Waals surface area contributed by atoms with Crippen LogP contribution in [0, 0.1) is 16.0 Å². The fourth-order valence-corrected chi connectivity index (χ4v) is 6.77. The van der Waals surface area contributed by atoms with Crippen LogP contribution in [0.5, 0.6) is 0 Å². The number of rotatable bonds is 14. The lowest BCUT2D eigenvalue weighted by Gasteiger charge is -2.34. The average Bonchev–Trinajstić information content (AvgIpc) is 3.06. The van der Waals surface area contributed by atoms with Crippen molar-refractivity contribution in [1.29, 1.82) is 0 Å². The number of hydrogen-bond acceptors (Lipinski definition) is 6. The third-order valence-corrected chi connectivity index (χ3v) is 9.80. The second-order valence-corrected chi connectivity index (χ2v) is 13.8. The number of non-ortho nitro benzene ring substituents is 1. The van der Waals surface area contributed by atoms with E-state index >= 15 is 0 Å². The van der Waals surface area contributed by atoms with Gasteiger partial charge in [-0.1, -0.05) is 91.6 Å². The average molecular weight is 698 g/mol. The number of amides is 2. The number of anilines is 1. The molecule has 4 rings (SSSR count). The van der Waals surface area contributed by atoms with Crippen LogP contribution in [0.1, 0.15) is 25.0 Å². The largest absolute Gasteiger partial charge is 0.354 e. The Morgan fingerprint density at radius 3 is 1.98 bits per heavy atom. The standard InChI is InChI=1S/C34H34Cl2N4O6S/c1-24(2)21-37-34(42)32(20-25-10-5-3-6-11-25)38(22-29-30(35)14-9-15-31(29)36)33(41)23-39(26-16-18-27(19-17-26)40(43)44)47(45,46)28-12-7-4-8-13-28/h3-19,24,32H,20-23H2,1-2H3,(H,37,42)/t32-/m1/s1. The monoisotopic (exact) mass is 696 g/mol. The van der Waals surface area contributed by atoms with E-state index in [9.17, 15) is 28.1 Å². The van der Waals surface area contributed by atoms with Crippen LogP contribution in [0.2, 0.25) is 10.0 Å². The quantitative estimate of drug-likeness (QED) is 0.118. The first-order chi connectivity index (χ1) is 22.4. The fraction of sp³-hybridized carbons (Fsp3) is 0.235. The van der Waals surface area contributed by atoms with Crippen molar-refractivity contribution in [3.63, 3.8) is 0 Å². The normalized spacial score (nSPS) is 11.9. The summed E-state index contributed by atoms with van der Waals surface area (Å²) in [5, 5.41) is 14.8. The molecule has 0 unspecified atom stereocenters. The highest BCUT2D eigenvalue weighted by Crippen LogP contribution is 2.29. The van der Waals surface area contributed by atoms with Gasteiger partial charge in [0, 0.05) is 47.3 Å². The SMILES string of the molecule is CC(C)CNC(=O)[C@@H](Cc1ccccc1)N(Cc1c(Cl)cccc1Cl)C(=O)CN(c1ccc([N+](=O)[O-])cc1)S(=O)(=O)c1ccccc1. The van der Waals surface area contributed by atoms with Crippen molar-refractivity contribution >= 4 is 56.4 Å². The minimum atomic E-state index is -4.37. The van der Waals surface area contributed by atoms with Crippen LogP contribution in [-0.4, -0.2) is 49.2 Å². The molecule has 0 aliphatic carbocycles. The summed E-state index contributed by atoms with van der Waals surface area (Å²) in [6.45, 7) is 3.28. The van der Waals surface area contributed by atoms with Gasteiger partial charge in [0.1, 0.15) is 12.6 Å². The second kappa shape index (κ2) is 15.9. The van der Waals surface area contributed by atoms with E-state index in [1.807, 2.05) is 44.2 Å². The summed E-state index contributed by atoms with van der Waals surface area (Å²) in [5.41, 5.74) is 0.917. The number of halogens is 2. The first-order valence-electron chi connectivity index (χ1n) is 14.7. The first-order valence-corrected chi connectivity index (χ1v) is 16.9. The Morgan fingerprint density at radius 1 is 0.851 bits per heavy atom. The lowest BCUT2D eigenvalue weighted by molar-refractivity contribution is -0.384. The highest BCUT2D eigenvalue weighted by Gasteiger charge is 2.35. The summed E-state index contributed by atoms with van der Waals surface area (Å²) in [5.74, 6) is -1.04. The predicted octanol–water partition coefficient (Wildman–Crippen LogP) is 6.51. The summed E-state index contributed by atoms with van der Waals surface area (Å²) in [7, 11) is -4.37. The summed E-state index contributed by atoms with van der Waals surface area (Å²) < 4.78 is 29.0. The van der Waals surface area contributed by atoms with Gasteiger partial charge in [-0.25, -0.2) is 8.42 Å². The van der Waals surface area contributed by atoms with Crippen molar-refractivity contribution in [1.82, 2.24) is 10.2 Å². The van der Waals surface area contributed by atoms with Crippen molar-refractivity contribution in [3.05, 3.63) is 134 Å². The molecule has 4 aromatic carbocycles. The van der Waals surface area contributed by atoms with Crippen LogP contribution >= 0.6 is 23.2 Å². The van der Waals surface area contributed by atoms with Crippen LogP contribution in [-0.2, 0) is 32.6 Å². The zero-order chi connectivity index (χ0) is 34.1. The minimum absolute atomic E-state index is 0.0207. The van der Waals surface area contributed by atoms with Crippen molar-refractivity contribution in [3.8, 4) is 0 Å². The Labute approximate surface area is 284 Å². The van der Waals surface area contributed by atoms with Crippen molar-refractivity contribution < 1.29 is 22.9 Å². The maximum atomic E-state index is 14.5. The molecule has 0 aromatic heterocycles. The van der Waals surface area contributed by atoms with E-state index in [4.69, 9.17) is 23.2 Å². The summed E-state index contributed by atoms with van der Waals surface area (Å²) in [6, 6.07) is 25.3. The Hall–Kier alpha value is -4.45. The third-order valence-electron chi connectivity index (χ3n) is 7.30. The van der Waals surface area contributed by atoms with Crippen LogP contribution in [0.15, 0.2) is 108 Å². The number of nitro groups is 1. The van der Waals surface area contributed by atoms with E-state index in [0.29, 0.717) is 12.1 Å². The molecule has 0 heterocycles. The minimum Gasteiger partial charge on any atom is -0.354 e. The van der Waals surface area contributed by atoms with Crippen LogP contribution in [0.3, 0.4) is 0 Å². The van der Waals surface area contributed by atoms with Gasteiger partial charge in [0.05, 0.1) is 15.5 Å². The highest BCUT2D eigenvalue weighted by atomic mass is 35.5. The van der Waals surface area contributed by atoms with Gasteiger partial charge in [0.15, 0.2) is 0 Å². The molecule has 10 nitrogen and oxygen atoms in total. The predicted molar refractivity (Wildman–Crippen MR) is 183 cm³/mol. The Balaban J connectivity index is 1.84. The van der Waals surface area contributed by atoms with Gasteiger partial charge in [-0.15, -0.1) is 0 Å². The molecular formula is C34H34Cl2N4O6S. The maximum Gasteiger partial charge on any atom is 0.269 e. The molecule has 0 aliphatic heterocycles. The van der Waals surface area contributed by atoms with E-state index in [0.717, 1.165) is 22.0 Å². The van der Waals surface area contributed by atoms with Crippen LogP contribution in [0.4, 0.5) is 11.4 Å². The first kappa shape index (κ1) is 35.4. The lowest BCUT2D eigenvalue weighted by Crippen LogP contribution is -2.53. The van der Waals surface area contributed by atoms with Crippen molar-refractivity contribution in [2.24, 2.45) is 5.92 Å². The molecule has 1 N–H and O–H groups in total. The number of nitrogens with zero attached hydrogens (tertiary/aromatic N) is 3. The van der Waals surface area contributed by atoms with Gasteiger partial charge in [-0.3, -0.25) is 24.0 Å². The molecule has 0 aliphatic rings. The van der Waals surface area contributed by atoms with Crippen molar-refractivity contribution in [2.75, 3.05) is 17.4 Å². The fourth-order valence-electron chi connectivity index (χ4n) is 4.82. The molecule has 0 saturated heterocycles. The van der Waals surface area contributed by atoms with Gasteiger partial charge in [0.2, 0.25) is 11.8 Å². The number of carbonyl (C=O) groups is 2. The zero-order valence-electron chi connectivity index (χ0n) is 25.8. The molecule has 0 bridgehead atoms. The lowest BCUT2D eigenvalue weighted by atomic mass is 10.0. The van der Waals surface area contributed by atoms with E-state index in [2.05, 4.69) is 5.32 Å². The molecule has 4 aromatic rings. The second-order valence-electron chi connectivity index (χ2n) is 11.2. The number of nitrogens with one attached hydrogen (secondary N) is 1. The van der Waals surface area contributed by atoms with Gasteiger partial charge < -0.3 is 10.2 Å². The van der Waals surface area contributed by atoms with Crippen LogP contribution < -0.4 is 9.62 Å². The summed E-state index contributed by atoms with van der Waals surface area (Å²) in [4.78, 5) is 40.3. The Morgan fingerprint density at radius 2 is 1.43 bits per heavy atom. The summed E-state index contributed by atoms with van der Waals surface area (Å²) in [6.07, 6.45) is 0.113. The Kier molecular flexibility index (Phi) is 12.0. The zero-order valence-corrected chi connectivity index (χ0v) is 28.1. The van der Waals surface area contributed by atoms with Gasteiger partial charge >= 0.3 is 0 Å². The Bertz CT molecular complexity index is 1790. The van der Waals surface area contributed by atoms with E-state index in [1.165, 1.54) is 29.2 Å². The molecule has 2 amide bonds. The van der Waals surface area contributed by atoms with E-state index in [-0.39, 0.29) is 45.2 Å². The molecule has 0 fully saturated rings. The van der Waals surface area contributed by atoms with Gasteiger partial charge in [-0.05, 0) is 47.9 Å². The molecule has 0 radical (unpaired) electrons. The molecule has 246 valence electrons. The molecule has 0 saturated carbocycles. The maximum absolute atomic E-state index is 14.5. The topological polar surface area (TPSA) is 130 Å². The number of benzene rings is 4. The molecular weight excluding hydrogens is 663 g/mol. The number of nitro benzene ring substituents is 1. The molecule has 47 heavy (non-hydrogen) atoms. The summed E-state index contributed by atoms with van der Waals surface area (Å²) >= 11 is 13.1. The third kappa shape index (κ3) is 9.09. The van der Waals surface area contributed by atoms with Crippen molar-refractivity contribution in [2.45, 2.75) is 37.8 Å². The molecule has 1 atom stereocenters. The van der Waals surface area contributed by atoms with Gasteiger partial charge in [0.25, 0.3) is 15.7 Å². The smallest absolute Gasteiger partial charge is 0.269 e. The molecule has 0 spiro atoms. The molecule has 13 heteroatoms. The van der Waals surface area contributed by atoms with Crippen LogP contribution in [0.25, 0.3) is 0 Å². The number of carbonyl (C=O) groups excluding carboxylic acids is 2. The van der Waals surface area contributed by atoms with Gasteiger partial charge in [-0.2, -0.15) is 0 Å². The number of hydrogen-bond donors (Lipinski definition) is 1. The van der Waals surface area contributed by atoms with E-state index < -0.39 is 39.3 Å².